The van der Waals surface area contributed by atoms with Gasteiger partial charge in [0, 0.05) is 12.7 Å². The zero-order chi connectivity index (χ0) is 20.2. The van der Waals surface area contributed by atoms with Crippen LogP contribution in [0.25, 0.3) is 0 Å². The molecule has 0 bridgehead atoms. The molecule has 0 heterocycles. The molecule has 0 fully saturated rings. The molecule has 146 valence electrons. The molecule has 0 spiro atoms. The van der Waals surface area contributed by atoms with E-state index in [0.717, 1.165) is 0 Å². The van der Waals surface area contributed by atoms with Crippen LogP contribution in [0.15, 0.2) is 42.5 Å². The predicted molar refractivity (Wildman–Crippen MR) is 88.6 cm³/mol. The molecule has 1 amide bonds. The smallest absolute Gasteiger partial charge is 0.380 e. The fourth-order valence-electron chi connectivity index (χ4n) is 2.32. The number of benzene rings is 2. The number of methoxy groups -OCH3 is 1. The third-order valence-electron chi connectivity index (χ3n) is 3.50. The van der Waals surface area contributed by atoms with E-state index in [0.29, 0.717) is 23.3 Å². The van der Waals surface area contributed by atoms with Crippen LogP contribution >= 0.6 is 0 Å². The Morgan fingerprint density at radius 2 is 1.74 bits per heavy atom. The van der Waals surface area contributed by atoms with E-state index in [1.165, 1.54) is 13.2 Å². The van der Waals surface area contributed by atoms with Gasteiger partial charge in [-0.1, -0.05) is 24.3 Å². The van der Waals surface area contributed by atoms with Crippen molar-refractivity contribution in [1.29, 1.82) is 0 Å². The number of carbonyl (C=O) groups excluding carboxylic acids is 1. The van der Waals surface area contributed by atoms with Gasteiger partial charge in [0.05, 0.1) is 17.9 Å². The summed E-state index contributed by atoms with van der Waals surface area (Å²) in [6.45, 7) is 0.137. The van der Waals surface area contributed by atoms with Crippen LogP contribution in [0, 0.1) is 5.82 Å². The van der Waals surface area contributed by atoms with Crippen LogP contribution in [-0.4, -0.2) is 21.4 Å². The first-order valence-electron chi connectivity index (χ1n) is 7.50. The Hall–Kier alpha value is -2.46. The number of hydrogen-bond acceptors (Lipinski definition) is 4. The Morgan fingerprint density at radius 1 is 1.11 bits per heavy atom. The highest BCUT2D eigenvalue weighted by atomic mass is 32.2. The molecule has 0 aliphatic carbocycles. The van der Waals surface area contributed by atoms with Crippen LogP contribution in [0.5, 0.6) is 0 Å². The number of hydrogen-bond donors (Lipinski definition) is 1. The van der Waals surface area contributed by atoms with E-state index >= 15 is 0 Å². The Bertz CT molecular complexity index is 942. The van der Waals surface area contributed by atoms with Crippen molar-refractivity contribution in [2.75, 3.05) is 7.11 Å². The maximum Gasteiger partial charge on any atom is 0.416 e. The summed E-state index contributed by atoms with van der Waals surface area (Å²) in [6, 6.07) is 7.54. The van der Waals surface area contributed by atoms with Gasteiger partial charge in [-0.15, -0.1) is 0 Å². The molecule has 0 atom stereocenters. The van der Waals surface area contributed by atoms with E-state index < -0.39 is 44.8 Å². The molecule has 2 aromatic carbocycles. The quantitative estimate of drug-likeness (QED) is 0.749. The van der Waals surface area contributed by atoms with Gasteiger partial charge < -0.3 is 4.74 Å². The lowest BCUT2D eigenvalue weighted by molar-refractivity contribution is -0.137. The minimum absolute atomic E-state index is 0.137. The van der Waals surface area contributed by atoms with E-state index in [4.69, 9.17) is 4.74 Å². The fourth-order valence-corrected chi connectivity index (χ4v) is 3.48. The van der Waals surface area contributed by atoms with Crippen molar-refractivity contribution in [2.45, 2.75) is 18.5 Å². The van der Waals surface area contributed by atoms with Crippen molar-refractivity contribution >= 4 is 15.9 Å². The van der Waals surface area contributed by atoms with Crippen molar-refractivity contribution < 1.29 is 35.5 Å². The van der Waals surface area contributed by atoms with Crippen LogP contribution in [0.2, 0.25) is 0 Å². The molecule has 0 aromatic heterocycles. The van der Waals surface area contributed by atoms with Crippen molar-refractivity contribution in [1.82, 2.24) is 4.72 Å². The van der Waals surface area contributed by atoms with Gasteiger partial charge in [-0.3, -0.25) is 4.79 Å². The van der Waals surface area contributed by atoms with Gasteiger partial charge in [0.15, 0.2) is 0 Å². The first-order chi connectivity index (χ1) is 12.5. The second kappa shape index (κ2) is 8.05. The minimum Gasteiger partial charge on any atom is -0.380 e. The van der Waals surface area contributed by atoms with Gasteiger partial charge in [-0.2, -0.15) is 13.2 Å². The van der Waals surface area contributed by atoms with E-state index in [1.807, 2.05) is 0 Å². The van der Waals surface area contributed by atoms with E-state index in [-0.39, 0.29) is 12.7 Å². The molecule has 0 aliphatic rings. The van der Waals surface area contributed by atoms with Gasteiger partial charge in [0.1, 0.15) is 5.82 Å². The van der Waals surface area contributed by atoms with E-state index in [9.17, 15) is 30.8 Å². The number of rotatable bonds is 6. The van der Waals surface area contributed by atoms with Crippen LogP contribution in [-0.2, 0) is 33.3 Å². The highest BCUT2D eigenvalue weighted by Crippen LogP contribution is 2.30. The van der Waals surface area contributed by atoms with Crippen molar-refractivity contribution in [3.05, 3.63) is 70.5 Å². The molecule has 1 N–H and O–H groups in total. The topological polar surface area (TPSA) is 72.5 Å². The zero-order valence-electron chi connectivity index (χ0n) is 14.0. The highest BCUT2D eigenvalue weighted by Gasteiger charge is 2.32. The Balaban J connectivity index is 2.24. The summed E-state index contributed by atoms with van der Waals surface area (Å²) in [7, 11) is -2.82. The van der Waals surface area contributed by atoms with Crippen molar-refractivity contribution in [3.8, 4) is 0 Å². The summed E-state index contributed by atoms with van der Waals surface area (Å²) in [5.74, 6) is -3.26. The SMILES string of the molecule is COCc1ccccc1CS(=O)(=O)NC(=O)c1cc(F)cc(C(F)(F)F)c1. The third kappa shape index (κ3) is 5.76. The van der Waals surface area contributed by atoms with Gasteiger partial charge in [0.25, 0.3) is 5.91 Å². The number of alkyl halides is 3. The van der Waals surface area contributed by atoms with Crippen molar-refractivity contribution in [2.24, 2.45) is 0 Å². The minimum atomic E-state index is -4.88. The number of nitrogens with one attached hydrogen (secondary N) is 1. The van der Waals surface area contributed by atoms with E-state index in [1.54, 1.807) is 22.9 Å². The molecule has 0 saturated heterocycles. The number of halogens is 4. The molecule has 5 nitrogen and oxygen atoms in total. The zero-order valence-corrected chi connectivity index (χ0v) is 14.8. The van der Waals surface area contributed by atoms with Crippen LogP contribution < -0.4 is 4.72 Å². The second-order valence-corrected chi connectivity index (χ2v) is 7.34. The molecule has 0 saturated carbocycles. The maximum absolute atomic E-state index is 13.4. The number of ether oxygens (including phenoxy) is 1. The molecule has 0 unspecified atom stereocenters. The lowest BCUT2D eigenvalue weighted by atomic mass is 10.1. The van der Waals surface area contributed by atoms with E-state index in [2.05, 4.69) is 0 Å². The van der Waals surface area contributed by atoms with Crippen LogP contribution in [0.4, 0.5) is 17.6 Å². The van der Waals surface area contributed by atoms with Crippen LogP contribution in [0.1, 0.15) is 27.0 Å². The third-order valence-corrected chi connectivity index (χ3v) is 4.69. The number of sulfonamides is 1. The summed E-state index contributed by atoms with van der Waals surface area (Å²) in [6.07, 6.45) is -4.88. The summed E-state index contributed by atoms with van der Waals surface area (Å²) >= 11 is 0. The predicted octanol–water partition coefficient (Wildman–Crippen LogP) is 3.25. The number of carbonyl (C=O) groups is 1. The molecule has 27 heavy (non-hydrogen) atoms. The van der Waals surface area contributed by atoms with Gasteiger partial charge in [-0.25, -0.2) is 17.5 Å². The summed E-state index contributed by atoms with van der Waals surface area (Å²) in [5.41, 5.74) is -1.22. The lowest BCUT2D eigenvalue weighted by Gasteiger charge is -2.12. The molecule has 2 rings (SSSR count). The molecule has 0 aliphatic heterocycles. The highest BCUT2D eigenvalue weighted by molar-refractivity contribution is 7.89. The summed E-state index contributed by atoms with van der Waals surface area (Å²) in [5, 5.41) is 0. The Morgan fingerprint density at radius 3 is 2.33 bits per heavy atom. The first-order valence-corrected chi connectivity index (χ1v) is 9.15. The Kier molecular flexibility index (Phi) is 6.22. The molecule has 0 radical (unpaired) electrons. The average Bonchev–Trinajstić information content (AvgIpc) is 2.55. The lowest BCUT2D eigenvalue weighted by Crippen LogP contribution is -2.32. The van der Waals surface area contributed by atoms with Gasteiger partial charge in [0.2, 0.25) is 10.0 Å². The molecule has 2 aromatic rings. The normalized spacial score (nSPS) is 12.0. The summed E-state index contributed by atoms with van der Waals surface area (Å²) in [4.78, 5) is 12.0. The first kappa shape index (κ1) is 20.8. The molecular formula is C17H15F4NO4S. The fraction of sp³-hybridized carbons (Fsp3) is 0.235. The Labute approximate surface area is 153 Å². The van der Waals surface area contributed by atoms with Gasteiger partial charge >= 0.3 is 6.18 Å². The van der Waals surface area contributed by atoms with Crippen molar-refractivity contribution in [3.63, 3.8) is 0 Å². The monoisotopic (exact) mass is 405 g/mol. The second-order valence-electron chi connectivity index (χ2n) is 5.62. The number of amides is 1. The maximum atomic E-state index is 13.4. The largest absolute Gasteiger partial charge is 0.416 e. The molecule has 10 heteroatoms. The standard InChI is InChI=1S/C17H15F4NO4S/c1-26-9-11-4-2-3-5-12(11)10-27(24,25)22-16(23)13-6-14(17(19,20)21)8-15(18)7-13/h2-8H,9-10H2,1H3,(H,22,23). The summed E-state index contributed by atoms with van der Waals surface area (Å²) < 4.78 is 82.6. The van der Waals surface area contributed by atoms with Crippen LogP contribution in [0.3, 0.4) is 0 Å². The molecular weight excluding hydrogens is 390 g/mol. The van der Waals surface area contributed by atoms with Gasteiger partial charge in [-0.05, 0) is 29.3 Å². The average molecular weight is 405 g/mol.